The SMILES string of the molecule is CN(C)c1ccc(NC(=O)[CH]Cc2ccc(OC(N)=O)cc2)cc1. The third-order valence-corrected chi connectivity index (χ3v) is 3.32. The van der Waals surface area contributed by atoms with Crippen molar-refractivity contribution in [2.75, 3.05) is 24.3 Å². The second-order valence-corrected chi connectivity index (χ2v) is 5.40. The molecule has 0 aliphatic carbocycles. The Hall–Kier alpha value is -3.02. The molecule has 125 valence electrons. The highest BCUT2D eigenvalue weighted by molar-refractivity contribution is 5.97. The Morgan fingerprint density at radius 3 is 2.25 bits per heavy atom. The second-order valence-electron chi connectivity index (χ2n) is 5.40. The van der Waals surface area contributed by atoms with Crippen LogP contribution in [0.1, 0.15) is 5.56 Å². The summed E-state index contributed by atoms with van der Waals surface area (Å²) in [6.45, 7) is 0. The van der Waals surface area contributed by atoms with Crippen molar-refractivity contribution < 1.29 is 14.3 Å². The summed E-state index contributed by atoms with van der Waals surface area (Å²) in [6, 6.07) is 14.4. The molecule has 0 saturated heterocycles. The summed E-state index contributed by atoms with van der Waals surface area (Å²) in [5.41, 5.74) is 7.67. The van der Waals surface area contributed by atoms with E-state index in [4.69, 9.17) is 10.5 Å². The van der Waals surface area contributed by atoms with Crippen molar-refractivity contribution in [3.05, 3.63) is 60.5 Å². The summed E-state index contributed by atoms with van der Waals surface area (Å²) in [5, 5.41) is 2.82. The Morgan fingerprint density at radius 2 is 1.71 bits per heavy atom. The number of hydrogen-bond donors (Lipinski definition) is 2. The van der Waals surface area contributed by atoms with Crippen molar-refractivity contribution in [2.24, 2.45) is 5.73 Å². The molecule has 0 atom stereocenters. The fourth-order valence-corrected chi connectivity index (χ4v) is 2.06. The van der Waals surface area contributed by atoms with Crippen LogP contribution >= 0.6 is 0 Å². The highest BCUT2D eigenvalue weighted by Crippen LogP contribution is 2.16. The molecule has 24 heavy (non-hydrogen) atoms. The predicted octanol–water partition coefficient (Wildman–Crippen LogP) is 2.60. The van der Waals surface area contributed by atoms with Crippen LogP contribution in [0.3, 0.4) is 0 Å². The fraction of sp³-hybridized carbons (Fsp3) is 0.167. The maximum Gasteiger partial charge on any atom is 0.409 e. The standard InChI is InChI=1S/C18H20N3O3/c1-21(2)15-8-6-14(7-9-15)20-17(22)12-5-13-3-10-16(11-4-13)24-18(19)23/h3-4,6-12H,5H2,1-2H3,(H2,19,23)(H,20,22). The van der Waals surface area contributed by atoms with Gasteiger partial charge in [0.05, 0.1) is 6.42 Å². The molecule has 0 unspecified atom stereocenters. The zero-order chi connectivity index (χ0) is 17.5. The number of nitrogens with one attached hydrogen (secondary N) is 1. The van der Waals surface area contributed by atoms with Crippen LogP contribution in [0.2, 0.25) is 0 Å². The lowest BCUT2D eigenvalue weighted by Crippen LogP contribution is -2.16. The first-order valence-corrected chi connectivity index (χ1v) is 7.42. The monoisotopic (exact) mass is 326 g/mol. The van der Waals surface area contributed by atoms with E-state index in [-0.39, 0.29) is 5.91 Å². The normalized spacial score (nSPS) is 10.1. The Bertz CT molecular complexity index is 694. The summed E-state index contributed by atoms with van der Waals surface area (Å²) in [5.74, 6) is 0.196. The second kappa shape index (κ2) is 8.01. The van der Waals surface area contributed by atoms with E-state index in [2.05, 4.69) is 5.32 Å². The van der Waals surface area contributed by atoms with Crippen LogP contribution in [0.5, 0.6) is 5.75 Å². The van der Waals surface area contributed by atoms with E-state index in [1.165, 1.54) is 0 Å². The van der Waals surface area contributed by atoms with Gasteiger partial charge < -0.3 is 20.7 Å². The molecule has 2 aromatic rings. The van der Waals surface area contributed by atoms with Gasteiger partial charge in [0.25, 0.3) is 0 Å². The van der Waals surface area contributed by atoms with Crippen LogP contribution in [0, 0.1) is 6.42 Å². The van der Waals surface area contributed by atoms with Gasteiger partial charge in [0, 0.05) is 25.5 Å². The largest absolute Gasteiger partial charge is 0.411 e. The van der Waals surface area contributed by atoms with E-state index in [1.807, 2.05) is 43.3 Å². The van der Waals surface area contributed by atoms with Crippen LogP contribution in [0.4, 0.5) is 16.2 Å². The van der Waals surface area contributed by atoms with Crippen molar-refractivity contribution >= 4 is 23.4 Å². The maximum atomic E-state index is 12.0. The van der Waals surface area contributed by atoms with Gasteiger partial charge in [-0.25, -0.2) is 4.79 Å². The number of hydrogen-bond acceptors (Lipinski definition) is 4. The Labute approximate surface area is 141 Å². The van der Waals surface area contributed by atoms with Crippen LogP contribution in [0.25, 0.3) is 0 Å². The topological polar surface area (TPSA) is 84.7 Å². The number of carbonyl (C=O) groups excluding carboxylic acids is 2. The molecule has 3 N–H and O–H groups in total. The molecule has 6 heteroatoms. The number of anilines is 2. The van der Waals surface area contributed by atoms with Gasteiger partial charge in [0.2, 0.25) is 5.91 Å². The Balaban J connectivity index is 1.83. The van der Waals surface area contributed by atoms with E-state index in [1.54, 1.807) is 30.7 Å². The van der Waals surface area contributed by atoms with E-state index in [0.717, 1.165) is 16.9 Å². The zero-order valence-corrected chi connectivity index (χ0v) is 13.7. The minimum absolute atomic E-state index is 0.176. The number of benzene rings is 2. The highest BCUT2D eigenvalue weighted by atomic mass is 16.5. The summed E-state index contributed by atoms with van der Waals surface area (Å²) < 4.78 is 4.75. The van der Waals surface area contributed by atoms with Crippen LogP contribution in [-0.4, -0.2) is 26.1 Å². The first-order valence-electron chi connectivity index (χ1n) is 7.42. The minimum atomic E-state index is -0.853. The quantitative estimate of drug-likeness (QED) is 0.854. The van der Waals surface area contributed by atoms with Gasteiger partial charge in [-0.2, -0.15) is 0 Å². The number of nitrogens with zero attached hydrogens (tertiary/aromatic N) is 1. The van der Waals surface area contributed by atoms with E-state index in [9.17, 15) is 9.59 Å². The van der Waals surface area contributed by atoms with E-state index in [0.29, 0.717) is 12.2 Å². The van der Waals surface area contributed by atoms with Crippen LogP contribution < -0.4 is 20.7 Å². The van der Waals surface area contributed by atoms with Crippen molar-refractivity contribution in [3.63, 3.8) is 0 Å². The molecule has 0 aliphatic rings. The van der Waals surface area contributed by atoms with Gasteiger partial charge in [-0.15, -0.1) is 0 Å². The molecular formula is C18H20N3O3. The molecule has 6 nitrogen and oxygen atoms in total. The van der Waals surface area contributed by atoms with E-state index < -0.39 is 6.09 Å². The number of amides is 2. The van der Waals surface area contributed by atoms with Crippen LogP contribution in [0.15, 0.2) is 48.5 Å². The van der Waals surface area contributed by atoms with Crippen molar-refractivity contribution in [2.45, 2.75) is 6.42 Å². The molecule has 0 fully saturated rings. The number of primary amides is 1. The summed E-state index contributed by atoms with van der Waals surface area (Å²) in [6.07, 6.45) is 1.18. The summed E-state index contributed by atoms with van der Waals surface area (Å²) in [7, 11) is 3.92. The maximum absolute atomic E-state index is 12.0. The fourth-order valence-electron chi connectivity index (χ4n) is 2.06. The third-order valence-electron chi connectivity index (χ3n) is 3.32. The number of nitrogens with two attached hydrogens (primary N) is 1. The molecule has 0 heterocycles. The van der Waals surface area contributed by atoms with Gasteiger partial charge in [-0.3, -0.25) is 4.79 Å². The van der Waals surface area contributed by atoms with Crippen molar-refractivity contribution in [1.29, 1.82) is 0 Å². The molecule has 1 radical (unpaired) electrons. The van der Waals surface area contributed by atoms with Gasteiger partial charge in [0.1, 0.15) is 5.75 Å². The van der Waals surface area contributed by atoms with Gasteiger partial charge >= 0.3 is 6.09 Å². The van der Waals surface area contributed by atoms with Gasteiger partial charge in [0.15, 0.2) is 0 Å². The van der Waals surface area contributed by atoms with Gasteiger partial charge in [-0.1, -0.05) is 12.1 Å². The Morgan fingerprint density at radius 1 is 1.08 bits per heavy atom. The molecule has 2 amide bonds. The average Bonchev–Trinajstić information content (AvgIpc) is 2.54. The summed E-state index contributed by atoms with van der Waals surface area (Å²) in [4.78, 5) is 24.6. The lowest BCUT2D eigenvalue weighted by molar-refractivity contribution is -0.113. The molecule has 2 rings (SSSR count). The minimum Gasteiger partial charge on any atom is -0.411 e. The number of rotatable bonds is 6. The third kappa shape index (κ3) is 5.31. The first kappa shape index (κ1) is 17.3. The molecular weight excluding hydrogens is 306 g/mol. The molecule has 0 spiro atoms. The van der Waals surface area contributed by atoms with E-state index >= 15 is 0 Å². The number of ether oxygens (including phenoxy) is 1. The average molecular weight is 326 g/mol. The molecule has 0 aromatic heterocycles. The Kier molecular flexibility index (Phi) is 5.78. The highest BCUT2D eigenvalue weighted by Gasteiger charge is 2.05. The smallest absolute Gasteiger partial charge is 0.409 e. The lowest BCUT2D eigenvalue weighted by atomic mass is 10.1. The molecule has 0 bridgehead atoms. The number of carbonyl (C=O) groups is 2. The zero-order valence-electron chi connectivity index (χ0n) is 13.7. The first-order chi connectivity index (χ1) is 11.4. The lowest BCUT2D eigenvalue weighted by Gasteiger charge is -2.13. The van der Waals surface area contributed by atoms with Crippen molar-refractivity contribution in [3.8, 4) is 5.75 Å². The van der Waals surface area contributed by atoms with Crippen molar-refractivity contribution in [1.82, 2.24) is 0 Å². The molecule has 2 aromatic carbocycles. The van der Waals surface area contributed by atoms with Crippen LogP contribution in [-0.2, 0) is 11.2 Å². The summed E-state index contributed by atoms with van der Waals surface area (Å²) >= 11 is 0. The molecule has 0 aliphatic heterocycles. The predicted molar refractivity (Wildman–Crippen MR) is 94.1 cm³/mol. The van der Waals surface area contributed by atoms with Gasteiger partial charge in [-0.05, 0) is 48.4 Å². The molecule has 0 saturated carbocycles.